The fourth-order valence-corrected chi connectivity index (χ4v) is 2.80. The van der Waals surface area contributed by atoms with E-state index in [9.17, 15) is 4.79 Å². The molecule has 0 spiro atoms. The monoisotopic (exact) mass is 300 g/mol. The lowest BCUT2D eigenvalue weighted by molar-refractivity contribution is 0.0870. The first-order valence-corrected chi connectivity index (χ1v) is 7.35. The molecule has 2 rings (SSSR count). The standard InChI is InChI=1S/C12H20N4O3S/c1-7-8(3-5-19-7)15-11(17)9-10(13)16-12(20-9)14-4-6-18-2/h7-8H,3-6,13H2,1-2H3,(H,14,16)(H,15,17). The van der Waals surface area contributed by atoms with Gasteiger partial charge in [-0.2, -0.15) is 0 Å². The van der Waals surface area contributed by atoms with E-state index in [1.165, 1.54) is 11.3 Å². The van der Waals surface area contributed by atoms with Gasteiger partial charge in [0.2, 0.25) is 0 Å². The van der Waals surface area contributed by atoms with Crippen molar-refractivity contribution < 1.29 is 14.3 Å². The number of anilines is 2. The first kappa shape index (κ1) is 15.0. The van der Waals surface area contributed by atoms with E-state index in [1.54, 1.807) is 7.11 Å². The van der Waals surface area contributed by atoms with Gasteiger partial charge in [0.25, 0.3) is 5.91 Å². The number of rotatable bonds is 6. The molecule has 1 fully saturated rings. The summed E-state index contributed by atoms with van der Waals surface area (Å²) in [5.41, 5.74) is 5.79. The first-order valence-electron chi connectivity index (χ1n) is 6.53. The second-order valence-electron chi connectivity index (χ2n) is 4.60. The number of hydrogen-bond donors (Lipinski definition) is 3. The number of carbonyl (C=O) groups is 1. The van der Waals surface area contributed by atoms with E-state index in [0.29, 0.717) is 29.8 Å². The van der Waals surface area contributed by atoms with Crippen LogP contribution < -0.4 is 16.4 Å². The second-order valence-corrected chi connectivity index (χ2v) is 5.60. The number of nitrogens with one attached hydrogen (secondary N) is 2. The summed E-state index contributed by atoms with van der Waals surface area (Å²) in [7, 11) is 1.63. The Bertz CT molecular complexity index is 466. The average molecular weight is 300 g/mol. The second kappa shape index (κ2) is 6.87. The quantitative estimate of drug-likeness (QED) is 0.669. The van der Waals surface area contributed by atoms with E-state index in [0.717, 1.165) is 6.42 Å². The lowest BCUT2D eigenvalue weighted by Gasteiger charge is -2.15. The smallest absolute Gasteiger partial charge is 0.265 e. The Balaban J connectivity index is 1.95. The zero-order valence-corrected chi connectivity index (χ0v) is 12.5. The minimum Gasteiger partial charge on any atom is -0.383 e. The molecule has 1 saturated heterocycles. The molecule has 0 aliphatic carbocycles. The Morgan fingerprint density at radius 3 is 3.10 bits per heavy atom. The third kappa shape index (κ3) is 3.59. The molecule has 8 heteroatoms. The summed E-state index contributed by atoms with van der Waals surface area (Å²) in [4.78, 5) is 16.8. The van der Waals surface area contributed by atoms with E-state index in [2.05, 4.69) is 15.6 Å². The predicted octanol–water partition coefficient (Wildman–Crippen LogP) is 0.691. The normalized spacial score (nSPS) is 21.9. The van der Waals surface area contributed by atoms with Crippen LogP contribution in [0.4, 0.5) is 10.9 Å². The Hall–Kier alpha value is -1.38. The molecule has 0 aromatic carbocycles. The number of ether oxygens (including phenoxy) is 2. The number of nitrogens with zero attached hydrogens (tertiary/aromatic N) is 1. The lowest BCUT2D eigenvalue weighted by atomic mass is 10.1. The number of carbonyl (C=O) groups excluding carboxylic acids is 1. The van der Waals surface area contributed by atoms with Crippen LogP contribution in [0.5, 0.6) is 0 Å². The predicted molar refractivity (Wildman–Crippen MR) is 78.2 cm³/mol. The van der Waals surface area contributed by atoms with Gasteiger partial charge in [-0.3, -0.25) is 4.79 Å². The number of nitrogen functional groups attached to an aromatic ring is 1. The summed E-state index contributed by atoms with van der Waals surface area (Å²) in [5.74, 6) is 0.0566. The molecule has 20 heavy (non-hydrogen) atoms. The molecule has 0 radical (unpaired) electrons. The first-order chi connectivity index (χ1) is 9.61. The lowest BCUT2D eigenvalue weighted by Crippen LogP contribution is -2.39. The van der Waals surface area contributed by atoms with Crippen LogP contribution in [-0.2, 0) is 9.47 Å². The van der Waals surface area contributed by atoms with Gasteiger partial charge in [0.05, 0.1) is 18.8 Å². The molecule has 1 aliphatic rings. The summed E-state index contributed by atoms with van der Waals surface area (Å²) >= 11 is 1.25. The van der Waals surface area contributed by atoms with Crippen LogP contribution in [0.1, 0.15) is 23.0 Å². The number of nitrogens with two attached hydrogens (primary N) is 1. The summed E-state index contributed by atoms with van der Waals surface area (Å²) in [6.45, 7) is 3.82. The van der Waals surface area contributed by atoms with E-state index < -0.39 is 0 Å². The Morgan fingerprint density at radius 1 is 1.65 bits per heavy atom. The van der Waals surface area contributed by atoms with Gasteiger partial charge in [0.15, 0.2) is 5.13 Å². The maximum Gasteiger partial charge on any atom is 0.265 e. The van der Waals surface area contributed by atoms with Gasteiger partial charge >= 0.3 is 0 Å². The molecule has 0 bridgehead atoms. The van der Waals surface area contributed by atoms with Crippen molar-refractivity contribution in [2.24, 2.45) is 0 Å². The minimum absolute atomic E-state index is 0.0346. The largest absolute Gasteiger partial charge is 0.383 e. The van der Waals surface area contributed by atoms with Crippen molar-refractivity contribution in [1.29, 1.82) is 0 Å². The number of amides is 1. The SMILES string of the molecule is COCCNc1nc(N)c(C(=O)NC2CCOC2C)s1. The molecule has 4 N–H and O–H groups in total. The van der Waals surface area contributed by atoms with E-state index in [1.807, 2.05) is 6.92 Å². The molecular weight excluding hydrogens is 280 g/mol. The van der Waals surface area contributed by atoms with Crippen LogP contribution in [0.2, 0.25) is 0 Å². The van der Waals surface area contributed by atoms with Gasteiger partial charge < -0.3 is 25.8 Å². The van der Waals surface area contributed by atoms with Crippen LogP contribution in [0.3, 0.4) is 0 Å². The average Bonchev–Trinajstić information content (AvgIpc) is 2.97. The maximum atomic E-state index is 12.2. The Morgan fingerprint density at radius 2 is 2.45 bits per heavy atom. The highest BCUT2D eigenvalue weighted by Crippen LogP contribution is 2.25. The molecular formula is C12H20N4O3S. The van der Waals surface area contributed by atoms with Crippen molar-refractivity contribution in [1.82, 2.24) is 10.3 Å². The zero-order valence-electron chi connectivity index (χ0n) is 11.6. The van der Waals surface area contributed by atoms with Gasteiger partial charge in [-0.1, -0.05) is 11.3 Å². The zero-order chi connectivity index (χ0) is 14.5. The molecule has 2 heterocycles. The number of aromatic nitrogens is 1. The topological polar surface area (TPSA) is 98.5 Å². The van der Waals surface area contributed by atoms with Gasteiger partial charge in [0.1, 0.15) is 10.7 Å². The van der Waals surface area contributed by atoms with Crippen molar-refractivity contribution >= 4 is 28.2 Å². The van der Waals surface area contributed by atoms with E-state index in [4.69, 9.17) is 15.2 Å². The van der Waals surface area contributed by atoms with Gasteiger partial charge in [0, 0.05) is 20.3 Å². The van der Waals surface area contributed by atoms with Crippen molar-refractivity contribution in [2.75, 3.05) is 37.9 Å². The van der Waals surface area contributed by atoms with Crippen molar-refractivity contribution in [3.05, 3.63) is 4.88 Å². The molecule has 2 unspecified atom stereocenters. The van der Waals surface area contributed by atoms with Crippen LogP contribution >= 0.6 is 11.3 Å². The summed E-state index contributed by atoms with van der Waals surface area (Å²) in [6.07, 6.45) is 0.859. The molecule has 7 nitrogen and oxygen atoms in total. The van der Waals surface area contributed by atoms with Gasteiger partial charge in [-0.15, -0.1) is 0 Å². The summed E-state index contributed by atoms with van der Waals surface area (Å²) in [5, 5.41) is 6.63. The number of methoxy groups -OCH3 is 1. The molecule has 1 aromatic rings. The Kier molecular flexibility index (Phi) is 5.16. The number of thiazole rings is 1. The summed E-state index contributed by atoms with van der Waals surface area (Å²) < 4.78 is 10.4. The third-order valence-corrected chi connectivity index (χ3v) is 4.16. The van der Waals surface area contributed by atoms with Crippen molar-refractivity contribution in [2.45, 2.75) is 25.5 Å². The van der Waals surface area contributed by atoms with Gasteiger partial charge in [-0.05, 0) is 13.3 Å². The molecule has 2 atom stereocenters. The highest BCUT2D eigenvalue weighted by atomic mass is 32.1. The Labute approximate surface area is 121 Å². The van der Waals surface area contributed by atoms with Crippen LogP contribution in [0, 0.1) is 0 Å². The number of hydrogen-bond acceptors (Lipinski definition) is 7. The van der Waals surface area contributed by atoms with Crippen LogP contribution in [0.25, 0.3) is 0 Å². The maximum absolute atomic E-state index is 12.2. The summed E-state index contributed by atoms with van der Waals surface area (Å²) in [6, 6.07) is 0.0360. The molecule has 1 aromatic heterocycles. The molecule has 0 saturated carbocycles. The highest BCUT2D eigenvalue weighted by Gasteiger charge is 2.27. The molecule has 112 valence electrons. The van der Waals surface area contributed by atoms with E-state index >= 15 is 0 Å². The highest BCUT2D eigenvalue weighted by molar-refractivity contribution is 7.18. The molecule has 1 aliphatic heterocycles. The van der Waals surface area contributed by atoms with Crippen LogP contribution in [-0.4, -0.2) is 49.9 Å². The van der Waals surface area contributed by atoms with Crippen molar-refractivity contribution in [3.63, 3.8) is 0 Å². The fourth-order valence-electron chi connectivity index (χ4n) is 1.99. The third-order valence-electron chi connectivity index (χ3n) is 3.13. The van der Waals surface area contributed by atoms with Crippen molar-refractivity contribution in [3.8, 4) is 0 Å². The fraction of sp³-hybridized carbons (Fsp3) is 0.667. The van der Waals surface area contributed by atoms with Crippen LogP contribution in [0.15, 0.2) is 0 Å². The minimum atomic E-state index is -0.192. The van der Waals surface area contributed by atoms with Gasteiger partial charge in [-0.25, -0.2) is 4.98 Å². The molecule has 1 amide bonds. The van der Waals surface area contributed by atoms with E-state index in [-0.39, 0.29) is 23.9 Å².